The van der Waals surface area contributed by atoms with Gasteiger partial charge < -0.3 is 18.9 Å². The zero-order chi connectivity index (χ0) is 24.1. The number of aromatic nitrogens is 2. The Kier molecular flexibility index (Phi) is 7.25. The predicted octanol–water partition coefficient (Wildman–Crippen LogP) is 4.43. The highest BCUT2D eigenvalue weighted by Crippen LogP contribution is 2.33. The second kappa shape index (κ2) is 10.5. The normalized spacial score (nSPS) is 14.1. The first kappa shape index (κ1) is 23.5. The lowest BCUT2D eigenvalue weighted by Gasteiger charge is -2.30. The Bertz CT molecular complexity index is 1160. The van der Waals surface area contributed by atoms with Gasteiger partial charge in [-0.3, -0.25) is 9.59 Å². The van der Waals surface area contributed by atoms with Gasteiger partial charge in [-0.05, 0) is 44.0 Å². The first-order valence-electron chi connectivity index (χ1n) is 11.4. The number of carbonyl (C=O) groups is 2. The molecule has 2 heterocycles. The molecule has 8 heteroatoms. The number of amides is 1. The number of likely N-dealkylation sites (tertiary alicyclic amines) is 1. The van der Waals surface area contributed by atoms with E-state index in [1.165, 1.54) is 0 Å². The summed E-state index contributed by atoms with van der Waals surface area (Å²) in [6, 6.07) is 12.9. The first-order chi connectivity index (χ1) is 16.5. The van der Waals surface area contributed by atoms with E-state index in [2.05, 4.69) is 10.1 Å². The maximum absolute atomic E-state index is 12.6. The van der Waals surface area contributed by atoms with Gasteiger partial charge in [0.1, 0.15) is 0 Å². The zero-order valence-electron chi connectivity index (χ0n) is 19.7. The van der Waals surface area contributed by atoms with E-state index in [1.807, 2.05) is 42.2 Å². The first-order valence-corrected chi connectivity index (χ1v) is 11.4. The minimum absolute atomic E-state index is 0.000452. The SMILES string of the molecule is COc1ccc(-c2noc(C3CCN(C(=O)CCC(=O)c4cccc(C)c4)CC3)n2)cc1OC. The van der Waals surface area contributed by atoms with Gasteiger partial charge >= 0.3 is 0 Å². The Morgan fingerprint density at radius 1 is 1.03 bits per heavy atom. The van der Waals surface area contributed by atoms with E-state index in [0.717, 1.165) is 24.0 Å². The summed E-state index contributed by atoms with van der Waals surface area (Å²) < 4.78 is 16.2. The van der Waals surface area contributed by atoms with Gasteiger partial charge in [0.25, 0.3) is 0 Å². The van der Waals surface area contributed by atoms with Crippen LogP contribution in [-0.2, 0) is 4.79 Å². The van der Waals surface area contributed by atoms with Crippen LogP contribution in [0.3, 0.4) is 0 Å². The Morgan fingerprint density at radius 2 is 1.79 bits per heavy atom. The fraction of sp³-hybridized carbons (Fsp3) is 0.385. The number of piperidine rings is 1. The van der Waals surface area contributed by atoms with Crippen LogP contribution in [0.5, 0.6) is 11.5 Å². The molecule has 2 aromatic carbocycles. The lowest BCUT2D eigenvalue weighted by molar-refractivity contribution is -0.132. The molecule has 0 unspecified atom stereocenters. The third-order valence-electron chi connectivity index (χ3n) is 6.19. The van der Waals surface area contributed by atoms with Crippen molar-refractivity contribution in [1.29, 1.82) is 0 Å². The molecule has 3 aromatic rings. The Hall–Kier alpha value is -3.68. The topological polar surface area (TPSA) is 94.8 Å². The lowest BCUT2D eigenvalue weighted by Crippen LogP contribution is -2.38. The molecule has 0 radical (unpaired) electrons. The molecule has 4 rings (SSSR count). The van der Waals surface area contributed by atoms with Crippen molar-refractivity contribution >= 4 is 11.7 Å². The Morgan fingerprint density at radius 3 is 2.50 bits per heavy atom. The van der Waals surface area contributed by atoms with Crippen LogP contribution in [0, 0.1) is 6.92 Å². The molecule has 0 N–H and O–H groups in total. The molecule has 0 spiro atoms. The van der Waals surface area contributed by atoms with Crippen LogP contribution in [0.25, 0.3) is 11.4 Å². The maximum Gasteiger partial charge on any atom is 0.230 e. The molecule has 1 saturated heterocycles. The zero-order valence-corrected chi connectivity index (χ0v) is 19.7. The van der Waals surface area contributed by atoms with E-state index < -0.39 is 0 Å². The maximum atomic E-state index is 12.6. The number of methoxy groups -OCH3 is 2. The molecule has 8 nitrogen and oxygen atoms in total. The van der Waals surface area contributed by atoms with Crippen LogP contribution in [-0.4, -0.2) is 54.0 Å². The fourth-order valence-corrected chi connectivity index (χ4v) is 4.21. The third kappa shape index (κ3) is 5.27. The summed E-state index contributed by atoms with van der Waals surface area (Å²) in [6.07, 6.45) is 1.93. The van der Waals surface area contributed by atoms with Crippen molar-refractivity contribution in [3.05, 3.63) is 59.5 Å². The highest BCUT2D eigenvalue weighted by Gasteiger charge is 2.28. The second-order valence-corrected chi connectivity index (χ2v) is 8.47. The quantitative estimate of drug-likeness (QED) is 0.456. The molecule has 1 aliphatic heterocycles. The number of nitrogens with zero attached hydrogens (tertiary/aromatic N) is 3. The van der Waals surface area contributed by atoms with Crippen LogP contribution in [0.1, 0.15) is 53.4 Å². The number of hydrogen-bond donors (Lipinski definition) is 0. The van der Waals surface area contributed by atoms with Crippen LogP contribution in [0.15, 0.2) is 47.0 Å². The van der Waals surface area contributed by atoms with Crippen LogP contribution < -0.4 is 9.47 Å². The molecule has 0 bridgehead atoms. The summed E-state index contributed by atoms with van der Waals surface area (Å²) in [5.41, 5.74) is 2.47. The van der Waals surface area contributed by atoms with E-state index in [-0.39, 0.29) is 30.4 Å². The van der Waals surface area contributed by atoms with E-state index in [4.69, 9.17) is 14.0 Å². The van der Waals surface area contributed by atoms with Crippen molar-refractivity contribution in [2.75, 3.05) is 27.3 Å². The third-order valence-corrected chi connectivity index (χ3v) is 6.19. The highest BCUT2D eigenvalue weighted by molar-refractivity contribution is 5.98. The van der Waals surface area contributed by atoms with Gasteiger partial charge in [0.05, 0.1) is 14.2 Å². The molecule has 0 aliphatic carbocycles. The number of aryl methyl sites for hydroxylation is 1. The van der Waals surface area contributed by atoms with Crippen molar-refractivity contribution in [1.82, 2.24) is 15.0 Å². The summed E-state index contributed by atoms with van der Waals surface area (Å²) in [5.74, 6) is 2.40. The van der Waals surface area contributed by atoms with Crippen molar-refractivity contribution < 1.29 is 23.6 Å². The molecule has 0 atom stereocenters. The predicted molar refractivity (Wildman–Crippen MR) is 126 cm³/mol. The van der Waals surface area contributed by atoms with Crippen molar-refractivity contribution in [2.24, 2.45) is 0 Å². The van der Waals surface area contributed by atoms with E-state index >= 15 is 0 Å². The number of ether oxygens (including phenoxy) is 2. The average Bonchev–Trinajstić information content (AvgIpc) is 3.37. The minimum Gasteiger partial charge on any atom is -0.493 e. The molecule has 34 heavy (non-hydrogen) atoms. The standard InChI is InChI=1S/C26H29N3O5/c1-17-5-4-6-19(15-17)21(30)8-10-24(31)29-13-11-18(12-14-29)26-27-25(28-34-26)20-7-9-22(32-2)23(16-20)33-3/h4-7,9,15-16,18H,8,10-14H2,1-3H3. The summed E-state index contributed by atoms with van der Waals surface area (Å²) in [6.45, 7) is 3.17. The smallest absolute Gasteiger partial charge is 0.230 e. The number of hydrogen-bond acceptors (Lipinski definition) is 7. The summed E-state index contributed by atoms with van der Waals surface area (Å²) >= 11 is 0. The van der Waals surface area contributed by atoms with Crippen LogP contribution >= 0.6 is 0 Å². The summed E-state index contributed by atoms with van der Waals surface area (Å²) in [7, 11) is 3.17. The van der Waals surface area contributed by atoms with Crippen LogP contribution in [0.4, 0.5) is 0 Å². The Balaban J connectivity index is 1.30. The van der Waals surface area contributed by atoms with Gasteiger partial charge in [-0.2, -0.15) is 4.98 Å². The molecule has 178 valence electrons. The van der Waals surface area contributed by atoms with Gasteiger partial charge in [0.2, 0.25) is 17.6 Å². The second-order valence-electron chi connectivity index (χ2n) is 8.47. The molecular weight excluding hydrogens is 434 g/mol. The number of Topliss-reactive ketones (excluding diaryl/α,β-unsaturated/α-hetero) is 1. The summed E-state index contributed by atoms with van der Waals surface area (Å²) in [5, 5.41) is 4.13. The van der Waals surface area contributed by atoms with Gasteiger partial charge in [-0.25, -0.2) is 0 Å². The van der Waals surface area contributed by atoms with Crippen molar-refractivity contribution in [3.8, 4) is 22.9 Å². The molecule has 0 saturated carbocycles. The average molecular weight is 464 g/mol. The van der Waals surface area contributed by atoms with E-state index in [0.29, 0.717) is 41.9 Å². The van der Waals surface area contributed by atoms with E-state index in [1.54, 1.807) is 26.4 Å². The number of ketones is 1. The molecule has 1 amide bonds. The van der Waals surface area contributed by atoms with Gasteiger partial charge in [-0.15, -0.1) is 0 Å². The number of benzene rings is 2. The molecule has 1 fully saturated rings. The van der Waals surface area contributed by atoms with Gasteiger partial charge in [0.15, 0.2) is 17.3 Å². The number of rotatable bonds is 8. The lowest BCUT2D eigenvalue weighted by atomic mass is 9.96. The monoisotopic (exact) mass is 463 g/mol. The van der Waals surface area contributed by atoms with Crippen LogP contribution in [0.2, 0.25) is 0 Å². The van der Waals surface area contributed by atoms with E-state index in [9.17, 15) is 9.59 Å². The fourth-order valence-electron chi connectivity index (χ4n) is 4.21. The molecule has 1 aromatic heterocycles. The minimum atomic E-state index is 0.000452. The Labute approximate surface area is 198 Å². The number of carbonyl (C=O) groups excluding carboxylic acids is 2. The van der Waals surface area contributed by atoms with Gasteiger partial charge in [0, 0.05) is 43.0 Å². The highest BCUT2D eigenvalue weighted by atomic mass is 16.5. The van der Waals surface area contributed by atoms with Crippen molar-refractivity contribution in [2.45, 2.75) is 38.5 Å². The summed E-state index contributed by atoms with van der Waals surface area (Å²) in [4.78, 5) is 31.5. The largest absolute Gasteiger partial charge is 0.493 e. The molecule has 1 aliphatic rings. The van der Waals surface area contributed by atoms with Crippen molar-refractivity contribution in [3.63, 3.8) is 0 Å². The van der Waals surface area contributed by atoms with Gasteiger partial charge in [-0.1, -0.05) is 28.9 Å². The molecular formula is C26H29N3O5.